The van der Waals surface area contributed by atoms with Crippen LogP contribution in [0.5, 0.6) is 0 Å². The molecule has 3 aromatic rings. The standard InChI is InChI=1S/C17H12FNO2/c1-10-3-2-4-14-15(10)17(21)13(9-19-14)16(20)11-5-7-12(18)8-6-11/h2-9H,1H3,(H,19,21). The molecule has 21 heavy (non-hydrogen) atoms. The third-order valence-corrected chi connectivity index (χ3v) is 3.47. The maximum absolute atomic E-state index is 12.9. The van der Waals surface area contributed by atoms with Crippen LogP contribution in [0.15, 0.2) is 53.5 Å². The number of H-pyrrole nitrogens is 1. The van der Waals surface area contributed by atoms with Gasteiger partial charge in [-0.15, -0.1) is 0 Å². The number of fused-ring (bicyclic) bond motifs is 1. The van der Waals surface area contributed by atoms with Gasteiger partial charge in [-0.2, -0.15) is 0 Å². The number of aromatic nitrogens is 1. The van der Waals surface area contributed by atoms with Gasteiger partial charge in [-0.1, -0.05) is 12.1 Å². The molecule has 0 unspecified atom stereocenters. The van der Waals surface area contributed by atoms with Crippen molar-refractivity contribution < 1.29 is 9.18 Å². The molecule has 104 valence electrons. The Morgan fingerprint density at radius 3 is 2.52 bits per heavy atom. The average Bonchev–Trinajstić information content (AvgIpc) is 2.48. The van der Waals surface area contributed by atoms with Gasteiger partial charge in [0, 0.05) is 22.7 Å². The number of carbonyl (C=O) groups is 1. The highest BCUT2D eigenvalue weighted by atomic mass is 19.1. The zero-order valence-corrected chi connectivity index (χ0v) is 11.3. The summed E-state index contributed by atoms with van der Waals surface area (Å²) in [5.41, 5.74) is 1.53. The average molecular weight is 281 g/mol. The van der Waals surface area contributed by atoms with Crippen LogP contribution in [0.1, 0.15) is 21.5 Å². The van der Waals surface area contributed by atoms with Crippen LogP contribution in [-0.2, 0) is 0 Å². The largest absolute Gasteiger partial charge is 0.360 e. The van der Waals surface area contributed by atoms with Crippen molar-refractivity contribution in [1.29, 1.82) is 0 Å². The van der Waals surface area contributed by atoms with Crippen molar-refractivity contribution in [3.63, 3.8) is 0 Å². The van der Waals surface area contributed by atoms with Crippen molar-refractivity contribution >= 4 is 16.7 Å². The molecular formula is C17H12FNO2. The van der Waals surface area contributed by atoms with Gasteiger partial charge in [0.15, 0.2) is 5.78 Å². The van der Waals surface area contributed by atoms with Crippen molar-refractivity contribution in [2.45, 2.75) is 6.92 Å². The number of nitrogens with one attached hydrogen (secondary N) is 1. The SMILES string of the molecule is Cc1cccc2[nH]cc(C(=O)c3ccc(F)cc3)c(=O)c12. The van der Waals surface area contributed by atoms with E-state index in [-0.39, 0.29) is 16.6 Å². The van der Waals surface area contributed by atoms with Crippen molar-refractivity contribution in [3.8, 4) is 0 Å². The number of aryl methyl sites for hydroxylation is 1. The third kappa shape index (κ3) is 2.25. The van der Waals surface area contributed by atoms with E-state index in [4.69, 9.17) is 0 Å². The quantitative estimate of drug-likeness (QED) is 0.733. The Morgan fingerprint density at radius 2 is 1.81 bits per heavy atom. The molecule has 0 saturated heterocycles. The number of pyridine rings is 1. The second-order valence-corrected chi connectivity index (χ2v) is 4.86. The Morgan fingerprint density at radius 1 is 1.10 bits per heavy atom. The highest BCUT2D eigenvalue weighted by Crippen LogP contribution is 2.14. The number of rotatable bonds is 2. The fourth-order valence-electron chi connectivity index (χ4n) is 2.36. The molecule has 0 amide bonds. The predicted molar refractivity (Wildman–Crippen MR) is 79.1 cm³/mol. The van der Waals surface area contributed by atoms with Gasteiger partial charge in [0.2, 0.25) is 5.43 Å². The Labute approximate surface area is 120 Å². The molecule has 0 spiro atoms. The summed E-state index contributed by atoms with van der Waals surface area (Å²) in [7, 11) is 0. The van der Waals surface area contributed by atoms with Gasteiger partial charge in [-0.05, 0) is 42.8 Å². The second kappa shape index (κ2) is 4.98. The highest BCUT2D eigenvalue weighted by Gasteiger charge is 2.15. The summed E-state index contributed by atoms with van der Waals surface area (Å²) in [4.78, 5) is 27.9. The van der Waals surface area contributed by atoms with Crippen LogP contribution >= 0.6 is 0 Å². The van der Waals surface area contributed by atoms with Gasteiger partial charge >= 0.3 is 0 Å². The van der Waals surface area contributed by atoms with E-state index in [0.717, 1.165) is 5.56 Å². The maximum atomic E-state index is 12.9. The highest BCUT2D eigenvalue weighted by molar-refractivity contribution is 6.10. The number of halogens is 1. The van der Waals surface area contributed by atoms with E-state index >= 15 is 0 Å². The first-order valence-electron chi connectivity index (χ1n) is 6.49. The summed E-state index contributed by atoms with van der Waals surface area (Å²) in [6.07, 6.45) is 1.41. The smallest absolute Gasteiger partial charge is 0.200 e. The summed E-state index contributed by atoms with van der Waals surface area (Å²) in [6, 6.07) is 10.6. The first kappa shape index (κ1) is 13.2. The van der Waals surface area contributed by atoms with Gasteiger partial charge in [0.1, 0.15) is 5.82 Å². The zero-order chi connectivity index (χ0) is 15.0. The van der Waals surface area contributed by atoms with Crippen molar-refractivity contribution in [2.24, 2.45) is 0 Å². The van der Waals surface area contributed by atoms with E-state index < -0.39 is 11.6 Å². The van der Waals surface area contributed by atoms with E-state index in [2.05, 4.69) is 4.98 Å². The molecule has 3 rings (SSSR count). The van der Waals surface area contributed by atoms with E-state index in [1.807, 2.05) is 19.1 Å². The molecule has 0 saturated carbocycles. The summed E-state index contributed by atoms with van der Waals surface area (Å²) in [6.45, 7) is 1.82. The minimum Gasteiger partial charge on any atom is -0.360 e. The number of hydrogen-bond acceptors (Lipinski definition) is 2. The molecule has 2 aromatic carbocycles. The number of ketones is 1. The Balaban J connectivity index is 2.19. The van der Waals surface area contributed by atoms with Crippen LogP contribution in [0, 0.1) is 12.7 Å². The lowest BCUT2D eigenvalue weighted by Crippen LogP contribution is -2.17. The van der Waals surface area contributed by atoms with E-state index in [1.54, 1.807) is 6.07 Å². The fourth-order valence-corrected chi connectivity index (χ4v) is 2.36. The molecule has 0 aliphatic rings. The van der Waals surface area contributed by atoms with Crippen molar-refractivity contribution in [3.05, 3.63) is 81.4 Å². The Bertz CT molecular complexity index is 895. The lowest BCUT2D eigenvalue weighted by atomic mass is 10.0. The first-order chi connectivity index (χ1) is 10.1. The molecule has 0 bridgehead atoms. The molecular weight excluding hydrogens is 269 g/mol. The third-order valence-electron chi connectivity index (χ3n) is 3.47. The molecule has 3 nitrogen and oxygen atoms in total. The number of carbonyl (C=O) groups excluding carboxylic acids is 1. The van der Waals surface area contributed by atoms with Gasteiger partial charge < -0.3 is 4.98 Å². The van der Waals surface area contributed by atoms with E-state index in [0.29, 0.717) is 10.9 Å². The monoisotopic (exact) mass is 281 g/mol. The topological polar surface area (TPSA) is 49.9 Å². The molecule has 0 aliphatic heterocycles. The molecule has 4 heteroatoms. The molecule has 0 radical (unpaired) electrons. The zero-order valence-electron chi connectivity index (χ0n) is 11.3. The van der Waals surface area contributed by atoms with Gasteiger partial charge in [-0.3, -0.25) is 9.59 Å². The normalized spacial score (nSPS) is 10.8. The Hall–Kier alpha value is -2.75. The number of aromatic amines is 1. The number of hydrogen-bond donors (Lipinski definition) is 1. The van der Waals surface area contributed by atoms with E-state index in [9.17, 15) is 14.0 Å². The maximum Gasteiger partial charge on any atom is 0.200 e. The lowest BCUT2D eigenvalue weighted by Gasteiger charge is -2.05. The van der Waals surface area contributed by atoms with Crippen LogP contribution in [0.3, 0.4) is 0 Å². The van der Waals surface area contributed by atoms with Crippen molar-refractivity contribution in [1.82, 2.24) is 4.98 Å². The van der Waals surface area contributed by atoms with Gasteiger partial charge in [0.25, 0.3) is 0 Å². The molecule has 1 aromatic heterocycles. The minimum atomic E-state index is -0.421. The Kier molecular flexibility index (Phi) is 3.14. The van der Waals surface area contributed by atoms with Gasteiger partial charge in [0.05, 0.1) is 5.56 Å². The summed E-state index contributed by atoms with van der Waals surface area (Å²) >= 11 is 0. The van der Waals surface area contributed by atoms with E-state index in [1.165, 1.54) is 30.5 Å². The van der Waals surface area contributed by atoms with Crippen LogP contribution in [-0.4, -0.2) is 10.8 Å². The predicted octanol–water partition coefficient (Wildman–Crippen LogP) is 3.21. The molecule has 1 heterocycles. The molecule has 0 aliphatic carbocycles. The fraction of sp³-hybridized carbons (Fsp3) is 0.0588. The second-order valence-electron chi connectivity index (χ2n) is 4.86. The van der Waals surface area contributed by atoms with Crippen LogP contribution in [0.25, 0.3) is 10.9 Å². The van der Waals surface area contributed by atoms with Crippen molar-refractivity contribution in [2.75, 3.05) is 0 Å². The summed E-state index contributed by atoms with van der Waals surface area (Å²) < 4.78 is 12.9. The molecule has 0 fully saturated rings. The van der Waals surface area contributed by atoms with Crippen LogP contribution < -0.4 is 5.43 Å². The molecule has 0 atom stereocenters. The lowest BCUT2D eigenvalue weighted by molar-refractivity contribution is 0.103. The first-order valence-corrected chi connectivity index (χ1v) is 6.49. The summed E-state index contributed by atoms with van der Waals surface area (Å²) in [5, 5.41) is 0.505. The van der Waals surface area contributed by atoms with Gasteiger partial charge in [-0.25, -0.2) is 4.39 Å². The van der Waals surface area contributed by atoms with Crippen LogP contribution in [0.2, 0.25) is 0 Å². The molecule has 1 N–H and O–H groups in total. The number of benzene rings is 2. The summed E-state index contributed by atoms with van der Waals surface area (Å²) in [5.74, 6) is -0.837. The van der Waals surface area contributed by atoms with Crippen LogP contribution in [0.4, 0.5) is 4.39 Å². The minimum absolute atomic E-state index is 0.0587.